The van der Waals surface area contributed by atoms with E-state index in [4.69, 9.17) is 5.73 Å². The summed E-state index contributed by atoms with van der Waals surface area (Å²) in [6.07, 6.45) is -0.248. The van der Waals surface area contributed by atoms with Gasteiger partial charge in [0.1, 0.15) is 22.8 Å². The highest BCUT2D eigenvalue weighted by atomic mass is 19.4. The summed E-state index contributed by atoms with van der Waals surface area (Å²) < 4.78 is 41.2. The van der Waals surface area contributed by atoms with Crippen molar-refractivity contribution in [1.29, 1.82) is 0 Å². The lowest BCUT2D eigenvalue weighted by Gasteiger charge is -2.11. The van der Waals surface area contributed by atoms with Gasteiger partial charge < -0.3 is 11.1 Å². The van der Waals surface area contributed by atoms with E-state index in [9.17, 15) is 18.0 Å². The van der Waals surface area contributed by atoms with Crippen LogP contribution in [0.5, 0.6) is 0 Å². The van der Waals surface area contributed by atoms with E-state index in [0.29, 0.717) is 5.69 Å². The minimum absolute atomic E-state index is 0.0251. The lowest BCUT2D eigenvalue weighted by atomic mass is 10.1. The zero-order valence-corrected chi connectivity index (χ0v) is 13.5. The number of amides is 1. The molecule has 4 rings (SSSR count). The zero-order chi connectivity index (χ0) is 19.2. The molecule has 0 aliphatic carbocycles. The molecule has 0 radical (unpaired) electrons. The van der Waals surface area contributed by atoms with Crippen LogP contribution < -0.4 is 11.1 Å². The van der Waals surface area contributed by atoms with Gasteiger partial charge in [-0.1, -0.05) is 0 Å². The average molecular weight is 372 g/mol. The fraction of sp³-hybridized carbons (Fsp3) is 0.0588. The van der Waals surface area contributed by atoms with E-state index in [0.717, 1.165) is 6.07 Å². The maximum absolute atomic E-state index is 13.3. The third-order valence-electron chi connectivity index (χ3n) is 3.89. The third-order valence-corrected chi connectivity index (χ3v) is 3.89. The van der Waals surface area contributed by atoms with E-state index >= 15 is 0 Å². The van der Waals surface area contributed by atoms with Gasteiger partial charge in [0, 0.05) is 29.7 Å². The van der Waals surface area contributed by atoms with Crippen LogP contribution in [-0.2, 0) is 6.18 Å². The van der Waals surface area contributed by atoms with Gasteiger partial charge in [0.2, 0.25) is 0 Å². The average Bonchev–Trinajstić information content (AvgIpc) is 3.06. The summed E-state index contributed by atoms with van der Waals surface area (Å²) in [6, 6.07) is 6.63. The number of imidazole rings is 1. The molecule has 4 aromatic heterocycles. The standard InChI is InChI=1S/C17H11F3N6O/c18-17(19,20)11-7-13(21)25-15-10(11)1-2-14-24-12(8-26(14)15)16(27)23-9-3-5-22-6-4-9/h1-8H,(H2,21,25)(H,22,23,27). The summed E-state index contributed by atoms with van der Waals surface area (Å²) >= 11 is 0. The molecule has 3 N–H and O–H groups in total. The molecular weight excluding hydrogens is 361 g/mol. The molecular formula is C17H11F3N6O. The minimum Gasteiger partial charge on any atom is -0.384 e. The monoisotopic (exact) mass is 372 g/mol. The number of fused-ring (bicyclic) bond motifs is 3. The van der Waals surface area contributed by atoms with Crippen molar-refractivity contribution in [3.05, 3.63) is 60.2 Å². The fourth-order valence-electron chi connectivity index (χ4n) is 2.72. The van der Waals surface area contributed by atoms with Crippen LogP contribution in [0.15, 0.2) is 48.9 Å². The number of hydrogen-bond donors (Lipinski definition) is 2. The molecule has 0 aliphatic heterocycles. The van der Waals surface area contributed by atoms with Crippen LogP contribution in [0, 0.1) is 0 Å². The highest BCUT2D eigenvalue weighted by Gasteiger charge is 2.33. The molecule has 10 heteroatoms. The van der Waals surface area contributed by atoms with Crippen LogP contribution in [0.1, 0.15) is 16.1 Å². The SMILES string of the molecule is Nc1cc(C(F)(F)F)c2ccc3nc(C(=O)Nc4ccncc4)cn3c2n1. The molecule has 136 valence electrons. The van der Waals surface area contributed by atoms with Crippen LogP contribution in [0.4, 0.5) is 24.7 Å². The van der Waals surface area contributed by atoms with Crippen LogP contribution in [0.25, 0.3) is 16.7 Å². The molecule has 0 fully saturated rings. The highest BCUT2D eigenvalue weighted by Crippen LogP contribution is 2.35. The van der Waals surface area contributed by atoms with Crippen molar-refractivity contribution in [2.45, 2.75) is 6.18 Å². The predicted octanol–water partition coefficient (Wildman–Crippen LogP) is 3.13. The van der Waals surface area contributed by atoms with Crippen molar-refractivity contribution in [3.63, 3.8) is 0 Å². The number of hydrogen-bond acceptors (Lipinski definition) is 5. The first-order chi connectivity index (χ1) is 12.8. The number of nitrogens with one attached hydrogen (secondary N) is 1. The maximum atomic E-state index is 13.3. The Morgan fingerprint density at radius 3 is 2.56 bits per heavy atom. The normalized spacial score (nSPS) is 11.8. The van der Waals surface area contributed by atoms with Crippen molar-refractivity contribution >= 4 is 34.1 Å². The third kappa shape index (κ3) is 3.01. The van der Waals surface area contributed by atoms with Gasteiger partial charge in [-0.3, -0.25) is 14.2 Å². The number of alkyl halides is 3. The molecule has 27 heavy (non-hydrogen) atoms. The molecule has 0 unspecified atom stereocenters. The Balaban J connectivity index is 1.84. The van der Waals surface area contributed by atoms with Gasteiger partial charge in [0.15, 0.2) is 0 Å². The van der Waals surface area contributed by atoms with E-state index in [1.54, 1.807) is 12.1 Å². The van der Waals surface area contributed by atoms with Crippen molar-refractivity contribution < 1.29 is 18.0 Å². The smallest absolute Gasteiger partial charge is 0.384 e. The largest absolute Gasteiger partial charge is 0.417 e. The number of rotatable bonds is 2. The summed E-state index contributed by atoms with van der Waals surface area (Å²) in [5, 5.41) is 2.50. The molecule has 0 saturated carbocycles. The highest BCUT2D eigenvalue weighted by molar-refractivity contribution is 6.03. The summed E-state index contributed by atoms with van der Waals surface area (Å²) in [7, 11) is 0. The summed E-state index contributed by atoms with van der Waals surface area (Å²) in [4.78, 5) is 24.4. The number of pyridine rings is 3. The minimum atomic E-state index is -4.59. The Labute approximate surface area is 149 Å². The second kappa shape index (κ2) is 5.94. The molecule has 4 heterocycles. The van der Waals surface area contributed by atoms with Gasteiger partial charge >= 0.3 is 6.18 Å². The van der Waals surface area contributed by atoms with Gasteiger partial charge in [0.25, 0.3) is 5.91 Å². The number of nitrogens with two attached hydrogens (primary N) is 1. The summed E-state index contributed by atoms with van der Waals surface area (Å²) in [5.74, 6) is -0.795. The number of carbonyl (C=O) groups is 1. The maximum Gasteiger partial charge on any atom is 0.417 e. The van der Waals surface area contributed by atoms with E-state index in [1.165, 1.54) is 35.1 Å². The quantitative estimate of drug-likeness (QED) is 0.563. The van der Waals surface area contributed by atoms with Gasteiger partial charge in [-0.2, -0.15) is 13.2 Å². The second-order valence-electron chi connectivity index (χ2n) is 5.71. The van der Waals surface area contributed by atoms with Crippen molar-refractivity contribution in [3.8, 4) is 0 Å². The molecule has 0 spiro atoms. The fourth-order valence-corrected chi connectivity index (χ4v) is 2.72. The number of nitrogen functional groups attached to an aromatic ring is 1. The first-order valence-corrected chi connectivity index (χ1v) is 7.70. The summed E-state index contributed by atoms with van der Waals surface area (Å²) in [5.41, 5.74) is 5.43. The number of anilines is 2. The first kappa shape index (κ1) is 16.8. The number of halogens is 3. The predicted molar refractivity (Wildman–Crippen MR) is 92.1 cm³/mol. The van der Waals surface area contributed by atoms with E-state index in [1.807, 2.05) is 0 Å². The Kier molecular flexibility index (Phi) is 3.69. The molecule has 7 nitrogen and oxygen atoms in total. The molecule has 0 atom stereocenters. The first-order valence-electron chi connectivity index (χ1n) is 7.70. The molecule has 0 bridgehead atoms. The van der Waals surface area contributed by atoms with Crippen molar-refractivity contribution in [2.75, 3.05) is 11.1 Å². The van der Waals surface area contributed by atoms with Gasteiger partial charge in [-0.15, -0.1) is 0 Å². The van der Waals surface area contributed by atoms with Crippen LogP contribution in [-0.4, -0.2) is 25.3 Å². The lowest BCUT2D eigenvalue weighted by Crippen LogP contribution is -2.12. The summed E-state index contributed by atoms with van der Waals surface area (Å²) in [6.45, 7) is 0. The zero-order valence-electron chi connectivity index (χ0n) is 13.5. The molecule has 0 saturated heterocycles. The van der Waals surface area contributed by atoms with Crippen molar-refractivity contribution in [1.82, 2.24) is 19.4 Å². The van der Waals surface area contributed by atoms with Crippen LogP contribution >= 0.6 is 0 Å². The molecule has 0 aliphatic rings. The van der Waals surface area contributed by atoms with Gasteiger partial charge in [-0.25, -0.2) is 9.97 Å². The Morgan fingerprint density at radius 1 is 1.11 bits per heavy atom. The Hall–Kier alpha value is -3.69. The molecule has 1 amide bonds. The number of carbonyl (C=O) groups excluding carboxylic acids is 1. The lowest BCUT2D eigenvalue weighted by molar-refractivity contribution is -0.136. The van der Waals surface area contributed by atoms with Gasteiger partial charge in [-0.05, 0) is 30.3 Å². The van der Waals surface area contributed by atoms with E-state index in [2.05, 4.69) is 20.3 Å². The Morgan fingerprint density at radius 2 is 1.85 bits per heavy atom. The van der Waals surface area contributed by atoms with Gasteiger partial charge in [0.05, 0.1) is 5.56 Å². The Bertz CT molecular complexity index is 1170. The van der Waals surface area contributed by atoms with Crippen molar-refractivity contribution in [2.24, 2.45) is 0 Å². The number of aromatic nitrogens is 4. The topological polar surface area (TPSA) is 98.2 Å². The second-order valence-corrected chi connectivity index (χ2v) is 5.71. The van der Waals surface area contributed by atoms with E-state index in [-0.39, 0.29) is 28.2 Å². The van der Waals surface area contributed by atoms with Crippen LogP contribution in [0.3, 0.4) is 0 Å². The molecule has 0 aromatic carbocycles. The number of nitrogens with zero attached hydrogens (tertiary/aromatic N) is 4. The molecule has 4 aromatic rings. The van der Waals surface area contributed by atoms with Crippen LogP contribution in [0.2, 0.25) is 0 Å². The van der Waals surface area contributed by atoms with E-state index < -0.39 is 17.6 Å².